The average molecular weight is 299 g/mol. The molecule has 0 saturated carbocycles. The van der Waals surface area contributed by atoms with Crippen LogP contribution in [0.25, 0.3) is 5.57 Å². The molecular weight excluding hydrogens is 264 g/mol. The van der Waals surface area contributed by atoms with Crippen molar-refractivity contribution in [1.82, 2.24) is 0 Å². The number of allylic oxidation sites excluding steroid dienone is 2. The van der Waals surface area contributed by atoms with Gasteiger partial charge in [0, 0.05) is 0 Å². The number of aryl methyl sites for hydroxylation is 1. The topological polar surface area (TPSA) is 0 Å². The van der Waals surface area contributed by atoms with Gasteiger partial charge in [0.1, 0.15) is 0 Å². The number of benzene rings is 1. The third-order valence-electron chi connectivity index (χ3n) is 5.52. The van der Waals surface area contributed by atoms with Crippen LogP contribution < -0.4 is 0 Å². The van der Waals surface area contributed by atoms with Crippen molar-refractivity contribution in [3.8, 4) is 0 Å². The molecular formula is C22H34. The molecule has 0 aromatic heterocycles. The highest BCUT2D eigenvalue weighted by molar-refractivity contribution is 5.66. The third kappa shape index (κ3) is 5.00. The molecule has 0 spiro atoms. The minimum absolute atomic E-state index is 0.934. The van der Waals surface area contributed by atoms with Crippen LogP contribution in [0.3, 0.4) is 0 Å². The van der Waals surface area contributed by atoms with Crippen LogP contribution in [0.2, 0.25) is 0 Å². The Hall–Kier alpha value is -1.04. The molecule has 1 aromatic carbocycles. The fraction of sp³-hybridized carbons (Fsp3) is 0.636. The molecule has 0 bridgehead atoms. The van der Waals surface area contributed by atoms with E-state index in [-0.39, 0.29) is 0 Å². The summed E-state index contributed by atoms with van der Waals surface area (Å²) in [7, 11) is 0. The first-order chi connectivity index (χ1) is 10.8. The molecule has 0 heterocycles. The molecule has 1 aliphatic carbocycles. The number of hydrogen-bond acceptors (Lipinski definition) is 0. The number of hydrogen-bond donors (Lipinski definition) is 0. The van der Waals surface area contributed by atoms with E-state index < -0.39 is 0 Å². The molecule has 0 nitrogen and oxygen atoms in total. The van der Waals surface area contributed by atoms with Crippen molar-refractivity contribution in [3.63, 3.8) is 0 Å². The molecule has 0 N–H and O–H groups in total. The van der Waals surface area contributed by atoms with Crippen LogP contribution in [0.4, 0.5) is 0 Å². The zero-order chi connectivity index (χ0) is 15.8. The predicted molar refractivity (Wildman–Crippen MR) is 99.1 cm³/mol. The zero-order valence-electron chi connectivity index (χ0n) is 14.9. The van der Waals surface area contributed by atoms with Crippen LogP contribution in [0, 0.1) is 11.8 Å². The van der Waals surface area contributed by atoms with Crippen molar-refractivity contribution < 1.29 is 0 Å². The molecule has 22 heavy (non-hydrogen) atoms. The highest BCUT2D eigenvalue weighted by Gasteiger charge is 2.16. The SMILES string of the molecule is CCCc1ccc(C2=CCC(CCC(CC)CC)CC2)cc1. The molecule has 0 amide bonds. The molecule has 2 rings (SSSR count). The van der Waals surface area contributed by atoms with Gasteiger partial charge in [-0.3, -0.25) is 0 Å². The maximum absolute atomic E-state index is 2.52. The van der Waals surface area contributed by atoms with Crippen molar-refractivity contribution in [3.05, 3.63) is 41.5 Å². The lowest BCUT2D eigenvalue weighted by Gasteiger charge is -2.24. The van der Waals surface area contributed by atoms with Gasteiger partial charge in [0.05, 0.1) is 0 Å². The Kier molecular flexibility index (Phi) is 7.22. The van der Waals surface area contributed by atoms with Crippen LogP contribution >= 0.6 is 0 Å². The number of rotatable bonds is 8. The molecule has 0 aliphatic heterocycles. The lowest BCUT2D eigenvalue weighted by molar-refractivity contribution is 0.361. The lowest BCUT2D eigenvalue weighted by atomic mass is 9.82. The van der Waals surface area contributed by atoms with E-state index >= 15 is 0 Å². The molecule has 1 atom stereocenters. The minimum Gasteiger partial charge on any atom is -0.0804 e. The quantitative estimate of drug-likeness (QED) is 0.483. The van der Waals surface area contributed by atoms with E-state index in [1.54, 1.807) is 5.57 Å². The largest absolute Gasteiger partial charge is 0.0804 e. The highest BCUT2D eigenvalue weighted by atomic mass is 14.2. The van der Waals surface area contributed by atoms with Crippen molar-refractivity contribution in [2.75, 3.05) is 0 Å². The Labute approximate surface area is 138 Å². The summed E-state index contributed by atoms with van der Waals surface area (Å²) in [5.74, 6) is 1.89. The first-order valence-electron chi connectivity index (χ1n) is 9.55. The zero-order valence-corrected chi connectivity index (χ0v) is 14.9. The normalized spacial score (nSPS) is 18.5. The monoisotopic (exact) mass is 298 g/mol. The van der Waals surface area contributed by atoms with Gasteiger partial charge < -0.3 is 0 Å². The van der Waals surface area contributed by atoms with Gasteiger partial charge in [-0.25, -0.2) is 0 Å². The van der Waals surface area contributed by atoms with Crippen molar-refractivity contribution in [2.24, 2.45) is 11.8 Å². The summed E-state index contributed by atoms with van der Waals surface area (Å²) in [6.07, 6.45) is 14.5. The molecule has 0 heteroatoms. The summed E-state index contributed by atoms with van der Waals surface area (Å²) < 4.78 is 0. The van der Waals surface area contributed by atoms with Crippen LogP contribution in [-0.2, 0) is 6.42 Å². The summed E-state index contributed by atoms with van der Waals surface area (Å²) in [5, 5.41) is 0. The third-order valence-corrected chi connectivity index (χ3v) is 5.52. The standard InChI is InChI=1S/C22H34/c1-4-7-19-10-14-21(15-11-19)22-16-12-20(13-17-22)9-8-18(5-2)6-3/h10-11,14-16,18,20H,4-9,12-13,17H2,1-3H3. The molecule has 122 valence electrons. The molecule has 0 radical (unpaired) electrons. The van der Waals surface area contributed by atoms with Gasteiger partial charge in [-0.15, -0.1) is 0 Å². The minimum atomic E-state index is 0.934. The van der Waals surface area contributed by atoms with Gasteiger partial charge in [-0.2, -0.15) is 0 Å². The second kappa shape index (κ2) is 9.18. The first-order valence-corrected chi connectivity index (χ1v) is 9.55. The summed E-state index contributed by atoms with van der Waals surface area (Å²) in [4.78, 5) is 0. The van der Waals surface area contributed by atoms with Crippen LogP contribution in [-0.4, -0.2) is 0 Å². The predicted octanol–water partition coefficient (Wildman–Crippen LogP) is 7.04. The van der Waals surface area contributed by atoms with E-state index in [4.69, 9.17) is 0 Å². The van der Waals surface area contributed by atoms with E-state index in [2.05, 4.69) is 51.1 Å². The fourth-order valence-electron chi connectivity index (χ4n) is 3.76. The van der Waals surface area contributed by atoms with E-state index in [1.165, 1.54) is 68.9 Å². The van der Waals surface area contributed by atoms with Gasteiger partial charge in [-0.05, 0) is 60.6 Å². The second-order valence-electron chi connectivity index (χ2n) is 7.08. The first kappa shape index (κ1) is 17.3. The molecule has 1 unspecified atom stereocenters. The van der Waals surface area contributed by atoms with Crippen molar-refractivity contribution in [1.29, 1.82) is 0 Å². The van der Waals surface area contributed by atoms with Crippen molar-refractivity contribution in [2.45, 2.75) is 78.6 Å². The lowest BCUT2D eigenvalue weighted by Crippen LogP contribution is -2.08. The fourth-order valence-corrected chi connectivity index (χ4v) is 3.76. The van der Waals surface area contributed by atoms with E-state index in [0.717, 1.165) is 11.8 Å². The van der Waals surface area contributed by atoms with E-state index in [0.29, 0.717) is 0 Å². The average Bonchev–Trinajstić information content (AvgIpc) is 2.57. The maximum Gasteiger partial charge on any atom is -0.0228 e. The van der Waals surface area contributed by atoms with Crippen LogP contribution in [0.15, 0.2) is 30.3 Å². The van der Waals surface area contributed by atoms with E-state index in [9.17, 15) is 0 Å². The van der Waals surface area contributed by atoms with Gasteiger partial charge in [0.15, 0.2) is 0 Å². The summed E-state index contributed by atoms with van der Waals surface area (Å²) in [5.41, 5.74) is 4.52. The summed E-state index contributed by atoms with van der Waals surface area (Å²) in [6, 6.07) is 9.31. The Bertz CT molecular complexity index is 447. The molecule has 0 fully saturated rings. The van der Waals surface area contributed by atoms with Gasteiger partial charge in [0.25, 0.3) is 0 Å². The summed E-state index contributed by atoms with van der Waals surface area (Å²) >= 11 is 0. The van der Waals surface area contributed by atoms with Gasteiger partial charge in [-0.1, -0.05) is 76.8 Å². The molecule has 1 aromatic rings. The van der Waals surface area contributed by atoms with Crippen LogP contribution in [0.1, 0.15) is 83.3 Å². The highest BCUT2D eigenvalue weighted by Crippen LogP contribution is 2.33. The summed E-state index contributed by atoms with van der Waals surface area (Å²) in [6.45, 7) is 6.93. The van der Waals surface area contributed by atoms with Crippen LogP contribution in [0.5, 0.6) is 0 Å². The molecule has 1 aliphatic rings. The van der Waals surface area contributed by atoms with E-state index in [1.807, 2.05) is 0 Å². The Morgan fingerprint density at radius 3 is 2.32 bits per heavy atom. The Balaban J connectivity index is 1.85. The Morgan fingerprint density at radius 2 is 1.77 bits per heavy atom. The van der Waals surface area contributed by atoms with Crippen molar-refractivity contribution >= 4 is 5.57 Å². The molecule has 0 saturated heterocycles. The van der Waals surface area contributed by atoms with Gasteiger partial charge >= 0.3 is 0 Å². The smallest absolute Gasteiger partial charge is 0.0228 e. The second-order valence-corrected chi connectivity index (χ2v) is 7.08. The Morgan fingerprint density at radius 1 is 1.05 bits per heavy atom. The van der Waals surface area contributed by atoms with Gasteiger partial charge in [0.2, 0.25) is 0 Å². The maximum atomic E-state index is 2.52.